The standard InChI is InChI=1S/C16H14F3N5O2/c1-8-10-4-2-3-5-11(10)26-12(8)13(16(17,18)19)24-15(25)23-9-6-21-14(20)22-7-9/h2-7,13H,1H3,(H2,20,21,22)(H2,23,24,25). The number of nitrogens with one attached hydrogen (secondary N) is 2. The largest absolute Gasteiger partial charge is 0.458 e. The summed E-state index contributed by atoms with van der Waals surface area (Å²) in [6.45, 7) is 1.51. The molecule has 3 rings (SSSR count). The number of hydrogen-bond acceptors (Lipinski definition) is 5. The number of amides is 2. The SMILES string of the molecule is Cc1c(C(NC(=O)Nc2cnc(N)nc2)C(F)(F)F)oc2ccccc12. The summed E-state index contributed by atoms with van der Waals surface area (Å²) < 4.78 is 45.9. The molecule has 4 N–H and O–H groups in total. The molecule has 2 heterocycles. The van der Waals surface area contributed by atoms with Crippen molar-refractivity contribution in [2.45, 2.75) is 19.1 Å². The molecule has 0 saturated heterocycles. The molecule has 0 spiro atoms. The number of hydrogen-bond donors (Lipinski definition) is 3. The highest BCUT2D eigenvalue weighted by Gasteiger charge is 2.45. The summed E-state index contributed by atoms with van der Waals surface area (Å²) in [4.78, 5) is 19.3. The number of benzene rings is 1. The molecule has 2 amide bonds. The van der Waals surface area contributed by atoms with Crippen LogP contribution in [0.15, 0.2) is 41.1 Å². The maximum absolute atomic E-state index is 13.5. The molecule has 0 fully saturated rings. The Kier molecular flexibility index (Phi) is 4.41. The summed E-state index contributed by atoms with van der Waals surface area (Å²) >= 11 is 0. The molecule has 0 aliphatic heterocycles. The van der Waals surface area contributed by atoms with Crippen molar-refractivity contribution in [1.82, 2.24) is 15.3 Å². The zero-order valence-electron chi connectivity index (χ0n) is 13.5. The van der Waals surface area contributed by atoms with Gasteiger partial charge in [0.2, 0.25) is 5.95 Å². The van der Waals surface area contributed by atoms with Gasteiger partial charge in [0.05, 0.1) is 18.1 Å². The Labute approximate surface area is 145 Å². The highest BCUT2D eigenvalue weighted by molar-refractivity contribution is 5.89. The lowest BCUT2D eigenvalue weighted by molar-refractivity contribution is -0.158. The lowest BCUT2D eigenvalue weighted by Crippen LogP contribution is -2.40. The first-order valence-electron chi connectivity index (χ1n) is 7.45. The Bertz CT molecular complexity index is 937. The number of nitrogens with zero attached hydrogens (tertiary/aromatic N) is 2. The Balaban J connectivity index is 1.87. The smallest absolute Gasteiger partial charge is 0.416 e. The summed E-state index contributed by atoms with van der Waals surface area (Å²) in [5.74, 6) is -0.399. The van der Waals surface area contributed by atoms with E-state index >= 15 is 0 Å². The molecule has 136 valence electrons. The van der Waals surface area contributed by atoms with Crippen LogP contribution in [0.2, 0.25) is 0 Å². The van der Waals surface area contributed by atoms with Gasteiger partial charge in [-0.05, 0) is 13.0 Å². The third-order valence-corrected chi connectivity index (χ3v) is 3.68. The van der Waals surface area contributed by atoms with E-state index in [4.69, 9.17) is 10.2 Å². The minimum absolute atomic E-state index is 0.0259. The molecule has 26 heavy (non-hydrogen) atoms. The number of halogens is 3. The Hall–Kier alpha value is -3.30. The molecule has 1 unspecified atom stereocenters. The van der Waals surface area contributed by atoms with Crippen molar-refractivity contribution in [2.24, 2.45) is 0 Å². The van der Waals surface area contributed by atoms with E-state index in [1.807, 2.05) is 5.32 Å². The number of urea groups is 1. The van der Waals surface area contributed by atoms with Gasteiger partial charge >= 0.3 is 12.2 Å². The van der Waals surface area contributed by atoms with Crippen molar-refractivity contribution in [3.05, 3.63) is 48.0 Å². The molecule has 3 aromatic rings. The van der Waals surface area contributed by atoms with Crippen molar-refractivity contribution in [1.29, 1.82) is 0 Å². The summed E-state index contributed by atoms with van der Waals surface area (Å²) in [6, 6.07) is 3.16. The first-order valence-corrected chi connectivity index (χ1v) is 7.45. The van der Waals surface area contributed by atoms with Gasteiger partial charge in [-0.2, -0.15) is 13.2 Å². The highest BCUT2D eigenvalue weighted by Crippen LogP contribution is 2.38. The third kappa shape index (κ3) is 3.53. The molecule has 0 aliphatic carbocycles. The van der Waals surface area contributed by atoms with Crippen molar-refractivity contribution < 1.29 is 22.4 Å². The number of anilines is 2. The Morgan fingerprint density at radius 2 is 1.88 bits per heavy atom. The van der Waals surface area contributed by atoms with Crippen LogP contribution in [0.25, 0.3) is 11.0 Å². The zero-order chi connectivity index (χ0) is 18.9. The molecule has 0 bridgehead atoms. The van der Waals surface area contributed by atoms with E-state index < -0.39 is 18.2 Å². The summed E-state index contributed by atoms with van der Waals surface area (Å²) in [6.07, 6.45) is -2.40. The first-order chi connectivity index (χ1) is 12.3. The number of aryl methyl sites for hydroxylation is 1. The monoisotopic (exact) mass is 365 g/mol. The molecule has 1 aromatic carbocycles. The van der Waals surface area contributed by atoms with E-state index in [-0.39, 0.29) is 17.4 Å². The van der Waals surface area contributed by atoms with Crippen molar-refractivity contribution in [3.63, 3.8) is 0 Å². The molecule has 1 atom stereocenters. The first kappa shape index (κ1) is 17.5. The van der Waals surface area contributed by atoms with Gasteiger partial charge in [-0.15, -0.1) is 0 Å². The second-order valence-corrected chi connectivity index (χ2v) is 5.49. The molecule has 7 nitrogen and oxygen atoms in total. The van der Waals surface area contributed by atoms with Crippen LogP contribution in [0, 0.1) is 6.92 Å². The molecule has 10 heteroatoms. The molecular weight excluding hydrogens is 351 g/mol. The topological polar surface area (TPSA) is 106 Å². The van der Waals surface area contributed by atoms with E-state index in [2.05, 4.69) is 15.3 Å². The zero-order valence-corrected chi connectivity index (χ0v) is 13.5. The maximum Gasteiger partial charge on any atom is 0.416 e. The van der Waals surface area contributed by atoms with Gasteiger partial charge in [-0.1, -0.05) is 18.2 Å². The van der Waals surface area contributed by atoms with Crippen molar-refractivity contribution in [3.8, 4) is 0 Å². The normalized spacial score (nSPS) is 12.8. The van der Waals surface area contributed by atoms with E-state index in [9.17, 15) is 18.0 Å². The van der Waals surface area contributed by atoms with Crippen LogP contribution in [0.4, 0.5) is 29.6 Å². The number of aromatic nitrogens is 2. The van der Waals surface area contributed by atoms with Crippen LogP contribution in [-0.4, -0.2) is 22.2 Å². The van der Waals surface area contributed by atoms with Crippen LogP contribution in [0.5, 0.6) is 0 Å². The number of nitrogens with two attached hydrogens (primary N) is 1. The maximum atomic E-state index is 13.5. The Morgan fingerprint density at radius 1 is 1.23 bits per heavy atom. The van der Waals surface area contributed by atoms with E-state index in [1.165, 1.54) is 19.3 Å². The van der Waals surface area contributed by atoms with Crippen molar-refractivity contribution in [2.75, 3.05) is 11.1 Å². The van der Waals surface area contributed by atoms with Crippen LogP contribution >= 0.6 is 0 Å². The van der Waals surface area contributed by atoms with Gasteiger partial charge in [0.1, 0.15) is 11.3 Å². The predicted octanol–water partition coefficient (Wildman–Crippen LogP) is 3.54. The Morgan fingerprint density at radius 3 is 2.50 bits per heavy atom. The van der Waals surface area contributed by atoms with Gasteiger partial charge < -0.3 is 20.8 Å². The molecule has 0 radical (unpaired) electrons. The number of carbonyl (C=O) groups excluding carboxylic acids is 1. The van der Waals surface area contributed by atoms with Crippen LogP contribution in [0.3, 0.4) is 0 Å². The number of furan rings is 1. The highest BCUT2D eigenvalue weighted by atomic mass is 19.4. The summed E-state index contributed by atoms with van der Waals surface area (Å²) in [7, 11) is 0. The van der Waals surface area contributed by atoms with Gasteiger partial charge in [0.15, 0.2) is 6.04 Å². The van der Waals surface area contributed by atoms with Gasteiger partial charge in [0, 0.05) is 10.9 Å². The fourth-order valence-corrected chi connectivity index (χ4v) is 2.47. The molecule has 2 aromatic heterocycles. The van der Waals surface area contributed by atoms with E-state index in [0.717, 1.165) is 0 Å². The van der Waals surface area contributed by atoms with Gasteiger partial charge in [-0.3, -0.25) is 0 Å². The lowest BCUT2D eigenvalue weighted by atomic mass is 10.1. The number of nitrogen functional groups attached to an aromatic ring is 1. The second kappa shape index (κ2) is 6.54. The van der Waals surface area contributed by atoms with Gasteiger partial charge in [0.25, 0.3) is 0 Å². The molecule has 0 aliphatic rings. The average molecular weight is 365 g/mol. The van der Waals surface area contributed by atoms with Crippen LogP contribution in [-0.2, 0) is 0 Å². The molecule has 0 saturated carbocycles. The minimum Gasteiger partial charge on any atom is -0.458 e. The fraction of sp³-hybridized carbons (Fsp3) is 0.188. The average Bonchev–Trinajstić information content (AvgIpc) is 2.91. The number of fused-ring (bicyclic) bond motifs is 1. The molecular formula is C16H14F3N5O2. The quantitative estimate of drug-likeness (QED) is 0.658. The van der Waals surface area contributed by atoms with Crippen molar-refractivity contribution >= 4 is 28.6 Å². The van der Waals surface area contributed by atoms with Crippen LogP contribution in [0.1, 0.15) is 17.4 Å². The minimum atomic E-state index is -4.76. The number of para-hydroxylation sites is 1. The number of alkyl halides is 3. The summed E-state index contributed by atoms with van der Waals surface area (Å²) in [5.41, 5.74) is 6.02. The third-order valence-electron chi connectivity index (χ3n) is 3.68. The van der Waals surface area contributed by atoms with Crippen LogP contribution < -0.4 is 16.4 Å². The number of rotatable bonds is 3. The van der Waals surface area contributed by atoms with E-state index in [1.54, 1.807) is 24.3 Å². The predicted molar refractivity (Wildman–Crippen MR) is 88.3 cm³/mol. The number of carbonyl (C=O) groups is 1. The summed E-state index contributed by atoms with van der Waals surface area (Å²) in [5, 5.41) is 4.65. The van der Waals surface area contributed by atoms with E-state index in [0.29, 0.717) is 16.5 Å². The van der Waals surface area contributed by atoms with Gasteiger partial charge in [-0.25, -0.2) is 14.8 Å². The second-order valence-electron chi connectivity index (χ2n) is 5.49. The lowest BCUT2D eigenvalue weighted by Gasteiger charge is -2.20. The fourth-order valence-electron chi connectivity index (χ4n) is 2.47.